The normalized spacial score (nSPS) is 11.3. The number of hydrogen-bond donors (Lipinski definition) is 0. The Hall–Kier alpha value is -3.81. The molecule has 0 aliphatic heterocycles. The Bertz CT molecular complexity index is 1580. The monoisotopic (exact) mass is 429 g/mol. The van der Waals surface area contributed by atoms with Crippen molar-refractivity contribution in [1.29, 1.82) is 0 Å². The average molecular weight is 430 g/mol. The molecule has 0 aliphatic rings. The highest BCUT2D eigenvalue weighted by atomic mass is 35.5. The number of aromatic nitrogens is 1. The number of benzene rings is 5. The molecule has 1 aromatic heterocycles. The van der Waals surface area contributed by atoms with E-state index in [-0.39, 0.29) is 0 Å². The van der Waals surface area contributed by atoms with E-state index >= 15 is 0 Å². The summed E-state index contributed by atoms with van der Waals surface area (Å²) in [6.07, 6.45) is 0. The highest BCUT2D eigenvalue weighted by Crippen LogP contribution is 2.36. The van der Waals surface area contributed by atoms with Crippen molar-refractivity contribution >= 4 is 33.4 Å². The van der Waals surface area contributed by atoms with Gasteiger partial charge >= 0.3 is 0 Å². The predicted octanol–water partition coefficient (Wildman–Crippen LogP) is 8.77. The smallest absolute Gasteiger partial charge is 0.0541 e. The lowest BCUT2D eigenvalue weighted by atomic mass is 10.0. The topological polar surface area (TPSA) is 4.93 Å². The van der Waals surface area contributed by atoms with Crippen molar-refractivity contribution in [2.75, 3.05) is 0 Å². The van der Waals surface area contributed by atoms with Gasteiger partial charge in [0.2, 0.25) is 0 Å². The molecule has 152 valence electrons. The Morgan fingerprint density at radius 2 is 1.09 bits per heavy atom. The molecule has 0 amide bonds. The molecule has 0 bridgehead atoms. The van der Waals surface area contributed by atoms with Crippen molar-refractivity contribution in [1.82, 2.24) is 4.57 Å². The molecule has 6 rings (SSSR count). The van der Waals surface area contributed by atoms with Crippen molar-refractivity contribution in [2.24, 2.45) is 0 Å². The summed E-state index contributed by atoms with van der Waals surface area (Å²) >= 11 is 6.25. The lowest BCUT2D eigenvalue weighted by Gasteiger charge is -2.11. The van der Waals surface area contributed by atoms with E-state index in [0.717, 1.165) is 16.3 Å². The maximum atomic E-state index is 6.25. The molecule has 0 atom stereocenters. The first kappa shape index (κ1) is 18.9. The maximum absolute atomic E-state index is 6.25. The van der Waals surface area contributed by atoms with Crippen LogP contribution in [-0.2, 0) is 0 Å². The Balaban J connectivity index is 1.59. The minimum Gasteiger partial charge on any atom is -0.309 e. The van der Waals surface area contributed by atoms with Crippen LogP contribution in [0.2, 0.25) is 5.02 Å². The van der Waals surface area contributed by atoms with E-state index in [9.17, 15) is 0 Å². The molecule has 0 unspecified atom stereocenters. The van der Waals surface area contributed by atoms with Gasteiger partial charge in [0, 0.05) is 21.5 Å². The summed E-state index contributed by atoms with van der Waals surface area (Å²) in [6.45, 7) is 0. The van der Waals surface area contributed by atoms with Crippen LogP contribution in [0.5, 0.6) is 0 Å². The van der Waals surface area contributed by atoms with Gasteiger partial charge in [-0.3, -0.25) is 0 Å². The number of hydrogen-bond acceptors (Lipinski definition) is 0. The Labute approximate surface area is 192 Å². The number of nitrogens with zero attached hydrogens (tertiary/aromatic N) is 1. The van der Waals surface area contributed by atoms with Crippen molar-refractivity contribution < 1.29 is 0 Å². The van der Waals surface area contributed by atoms with Gasteiger partial charge in [-0.25, -0.2) is 0 Å². The van der Waals surface area contributed by atoms with Crippen LogP contribution in [0.4, 0.5) is 0 Å². The molecule has 0 spiro atoms. The fourth-order valence-corrected chi connectivity index (χ4v) is 4.74. The standard InChI is InChI=1S/C30H20ClN/c31-25-12-6-10-22(18-25)24-16-17-30-28(20-24)27-14-4-5-15-29(27)32(30)26-13-7-11-23(19-26)21-8-2-1-3-9-21/h1-20H. The molecular formula is C30H20ClN. The van der Waals surface area contributed by atoms with Crippen LogP contribution in [0.1, 0.15) is 0 Å². The van der Waals surface area contributed by atoms with Crippen LogP contribution in [0, 0.1) is 0 Å². The zero-order valence-corrected chi connectivity index (χ0v) is 18.1. The van der Waals surface area contributed by atoms with Gasteiger partial charge in [-0.15, -0.1) is 0 Å². The third-order valence-corrected chi connectivity index (χ3v) is 6.28. The second-order valence-corrected chi connectivity index (χ2v) is 8.45. The van der Waals surface area contributed by atoms with Crippen molar-refractivity contribution in [2.45, 2.75) is 0 Å². The summed E-state index contributed by atoms with van der Waals surface area (Å²) in [7, 11) is 0. The molecule has 1 nitrogen and oxygen atoms in total. The van der Waals surface area contributed by atoms with Gasteiger partial charge in [0.15, 0.2) is 0 Å². The van der Waals surface area contributed by atoms with Crippen LogP contribution in [-0.4, -0.2) is 4.57 Å². The predicted molar refractivity (Wildman–Crippen MR) is 137 cm³/mol. The van der Waals surface area contributed by atoms with Gasteiger partial charge < -0.3 is 4.57 Å². The molecule has 0 saturated heterocycles. The molecule has 0 aliphatic carbocycles. The minimum absolute atomic E-state index is 0.753. The minimum atomic E-state index is 0.753. The highest BCUT2D eigenvalue weighted by molar-refractivity contribution is 6.30. The number of para-hydroxylation sites is 1. The van der Waals surface area contributed by atoms with E-state index < -0.39 is 0 Å². The van der Waals surface area contributed by atoms with Crippen molar-refractivity contribution in [3.8, 4) is 27.9 Å². The van der Waals surface area contributed by atoms with Gasteiger partial charge in [0.1, 0.15) is 0 Å². The summed E-state index contributed by atoms with van der Waals surface area (Å²) in [4.78, 5) is 0. The van der Waals surface area contributed by atoms with E-state index in [1.165, 1.54) is 38.5 Å². The molecule has 0 N–H and O–H groups in total. The van der Waals surface area contributed by atoms with Crippen LogP contribution in [0.25, 0.3) is 49.7 Å². The van der Waals surface area contributed by atoms with Crippen LogP contribution >= 0.6 is 11.6 Å². The first-order chi connectivity index (χ1) is 15.8. The number of halogens is 1. The lowest BCUT2D eigenvalue weighted by Crippen LogP contribution is -1.94. The van der Waals surface area contributed by atoms with Crippen LogP contribution in [0.3, 0.4) is 0 Å². The average Bonchev–Trinajstić information content (AvgIpc) is 3.18. The lowest BCUT2D eigenvalue weighted by molar-refractivity contribution is 1.18. The van der Waals surface area contributed by atoms with E-state index in [1.807, 2.05) is 18.2 Å². The van der Waals surface area contributed by atoms with Gasteiger partial charge in [-0.05, 0) is 64.7 Å². The van der Waals surface area contributed by atoms with Crippen molar-refractivity contribution in [3.05, 3.63) is 126 Å². The summed E-state index contributed by atoms with van der Waals surface area (Å²) in [5, 5.41) is 3.24. The summed E-state index contributed by atoms with van der Waals surface area (Å²) < 4.78 is 2.36. The number of fused-ring (bicyclic) bond motifs is 3. The van der Waals surface area contributed by atoms with Gasteiger partial charge in [0.25, 0.3) is 0 Å². The third-order valence-electron chi connectivity index (χ3n) is 6.04. The SMILES string of the molecule is Clc1cccc(-c2ccc3c(c2)c2ccccc2n3-c2cccc(-c3ccccc3)c2)c1. The summed E-state index contributed by atoms with van der Waals surface area (Å²) in [5.41, 5.74) is 8.29. The van der Waals surface area contributed by atoms with Crippen molar-refractivity contribution in [3.63, 3.8) is 0 Å². The quantitative estimate of drug-likeness (QED) is 0.265. The van der Waals surface area contributed by atoms with Crippen LogP contribution in [0.15, 0.2) is 121 Å². The Morgan fingerprint density at radius 1 is 0.438 bits per heavy atom. The molecule has 2 heteroatoms. The first-order valence-corrected chi connectivity index (χ1v) is 11.1. The zero-order valence-electron chi connectivity index (χ0n) is 17.4. The largest absolute Gasteiger partial charge is 0.309 e. The number of rotatable bonds is 3. The molecule has 32 heavy (non-hydrogen) atoms. The summed E-state index contributed by atoms with van der Waals surface area (Å²) in [5.74, 6) is 0. The molecule has 0 radical (unpaired) electrons. The molecule has 1 heterocycles. The zero-order chi connectivity index (χ0) is 21.5. The second kappa shape index (κ2) is 7.71. The van der Waals surface area contributed by atoms with E-state index in [4.69, 9.17) is 11.6 Å². The maximum Gasteiger partial charge on any atom is 0.0541 e. The molecule has 5 aromatic carbocycles. The van der Waals surface area contributed by atoms with Gasteiger partial charge in [0.05, 0.1) is 11.0 Å². The van der Waals surface area contributed by atoms with E-state index in [0.29, 0.717) is 0 Å². The third kappa shape index (κ3) is 3.19. The molecular weight excluding hydrogens is 410 g/mol. The Morgan fingerprint density at radius 3 is 1.94 bits per heavy atom. The highest BCUT2D eigenvalue weighted by Gasteiger charge is 2.13. The van der Waals surface area contributed by atoms with E-state index in [2.05, 4.69) is 108 Å². The van der Waals surface area contributed by atoms with Gasteiger partial charge in [-0.1, -0.05) is 90.5 Å². The molecule has 0 saturated carbocycles. The van der Waals surface area contributed by atoms with Crippen LogP contribution < -0.4 is 0 Å². The molecule has 6 aromatic rings. The first-order valence-electron chi connectivity index (χ1n) is 10.7. The van der Waals surface area contributed by atoms with E-state index in [1.54, 1.807) is 0 Å². The second-order valence-electron chi connectivity index (χ2n) is 8.01. The summed E-state index contributed by atoms with van der Waals surface area (Å²) in [6, 6.07) is 42.6. The van der Waals surface area contributed by atoms with Gasteiger partial charge in [-0.2, -0.15) is 0 Å². The Kier molecular flexibility index (Phi) is 4.56. The fourth-order valence-electron chi connectivity index (χ4n) is 4.55. The molecule has 0 fully saturated rings. The fraction of sp³-hybridized carbons (Fsp3) is 0.